The average Bonchev–Trinajstić information content (AvgIpc) is 3.08. The Kier molecular flexibility index (Phi) is 7.95. The van der Waals surface area contributed by atoms with Crippen molar-refractivity contribution in [2.24, 2.45) is 4.99 Å². The zero-order valence-electron chi connectivity index (χ0n) is 17.2. The molecule has 1 N–H and O–H groups in total. The molecule has 1 heterocycles. The second kappa shape index (κ2) is 10.7. The van der Waals surface area contributed by atoms with Crippen molar-refractivity contribution in [3.05, 3.63) is 69.3 Å². The second-order valence-electron chi connectivity index (χ2n) is 6.72. The molecule has 2 amide bonds. The predicted octanol–water partition coefficient (Wildman–Crippen LogP) is 4.07. The summed E-state index contributed by atoms with van der Waals surface area (Å²) < 4.78 is 4.50. The van der Waals surface area contributed by atoms with Crippen molar-refractivity contribution >= 4 is 69.7 Å². The molecule has 1 aliphatic heterocycles. The van der Waals surface area contributed by atoms with Gasteiger partial charge in [-0.3, -0.25) is 19.3 Å². The fourth-order valence-electron chi connectivity index (χ4n) is 2.70. The van der Waals surface area contributed by atoms with E-state index in [9.17, 15) is 14.4 Å². The number of aryl methyl sites for hydroxylation is 1. The Morgan fingerprint density at radius 1 is 1.16 bits per heavy atom. The van der Waals surface area contributed by atoms with Gasteiger partial charge in [-0.25, -0.2) is 4.99 Å². The Balaban J connectivity index is 1.85. The molecule has 2 aromatic rings. The van der Waals surface area contributed by atoms with Crippen molar-refractivity contribution in [2.45, 2.75) is 6.92 Å². The number of carbonyl (C=O) groups excluding carboxylic acids is 3. The van der Waals surface area contributed by atoms with Gasteiger partial charge in [0.15, 0.2) is 5.17 Å². The van der Waals surface area contributed by atoms with Crippen LogP contribution in [0.5, 0.6) is 0 Å². The number of hydrogen-bond acceptors (Lipinski definition) is 6. The number of aliphatic imine (C=N–C) groups is 1. The lowest BCUT2D eigenvalue weighted by Crippen LogP contribution is -2.34. The van der Waals surface area contributed by atoms with Gasteiger partial charge in [0.1, 0.15) is 12.2 Å². The Morgan fingerprint density at radius 3 is 2.53 bits per heavy atom. The van der Waals surface area contributed by atoms with Gasteiger partial charge >= 0.3 is 5.97 Å². The van der Waals surface area contributed by atoms with Crippen molar-refractivity contribution in [2.75, 3.05) is 24.3 Å². The monoisotopic (exact) mass is 491 g/mol. The number of hydrogen-bond donors (Lipinski definition) is 1. The number of benzene rings is 2. The van der Waals surface area contributed by atoms with Crippen molar-refractivity contribution in [1.82, 2.24) is 5.32 Å². The summed E-state index contributed by atoms with van der Waals surface area (Å²) in [4.78, 5) is 42.4. The van der Waals surface area contributed by atoms with Crippen LogP contribution in [0.4, 0.5) is 5.69 Å². The third kappa shape index (κ3) is 5.91. The highest BCUT2D eigenvalue weighted by molar-refractivity contribution is 8.14. The molecule has 7 nitrogen and oxygen atoms in total. The molecule has 0 aromatic heterocycles. The molecule has 10 heteroatoms. The van der Waals surface area contributed by atoms with E-state index in [4.69, 9.17) is 23.2 Å². The van der Waals surface area contributed by atoms with Crippen LogP contribution in [0.2, 0.25) is 10.0 Å². The first kappa shape index (κ1) is 23.8. The highest BCUT2D eigenvalue weighted by atomic mass is 35.5. The van der Waals surface area contributed by atoms with Crippen molar-refractivity contribution in [1.29, 1.82) is 0 Å². The molecule has 0 aliphatic carbocycles. The van der Waals surface area contributed by atoms with E-state index in [1.165, 1.54) is 12.0 Å². The van der Waals surface area contributed by atoms with Gasteiger partial charge in [-0.1, -0.05) is 58.7 Å². The molecular formula is C22H19Cl2N3O4S. The van der Waals surface area contributed by atoms with Gasteiger partial charge in [0.05, 0.1) is 28.6 Å². The number of ether oxygens (including phenoxy) is 1. The number of methoxy groups -OCH3 is 1. The Hall–Kier alpha value is -2.81. The maximum Gasteiger partial charge on any atom is 0.325 e. The number of rotatable bonds is 6. The number of halogens is 2. The summed E-state index contributed by atoms with van der Waals surface area (Å²) in [5.41, 5.74) is 2.53. The largest absolute Gasteiger partial charge is 0.468 e. The van der Waals surface area contributed by atoms with E-state index in [0.29, 0.717) is 26.5 Å². The van der Waals surface area contributed by atoms with E-state index in [2.05, 4.69) is 15.0 Å². The summed E-state index contributed by atoms with van der Waals surface area (Å²) >= 11 is 13.1. The van der Waals surface area contributed by atoms with Gasteiger partial charge in [0.2, 0.25) is 5.91 Å². The van der Waals surface area contributed by atoms with Crippen LogP contribution in [0.25, 0.3) is 6.08 Å². The number of amides is 2. The van der Waals surface area contributed by atoms with Gasteiger partial charge in [0, 0.05) is 0 Å². The molecule has 0 unspecified atom stereocenters. The molecule has 1 aliphatic rings. The summed E-state index contributed by atoms with van der Waals surface area (Å²) in [7, 11) is 1.24. The van der Waals surface area contributed by atoms with Crippen LogP contribution in [0.15, 0.2) is 53.2 Å². The van der Waals surface area contributed by atoms with E-state index >= 15 is 0 Å². The second-order valence-corrected chi connectivity index (χ2v) is 8.47. The van der Waals surface area contributed by atoms with Crippen LogP contribution in [0.3, 0.4) is 0 Å². The normalized spacial score (nSPS) is 14.5. The highest BCUT2D eigenvalue weighted by Crippen LogP contribution is 2.30. The SMILES string of the molecule is COC(=O)CNC(=O)CSC1=N/C(=C\c2ccc(Cl)c(Cl)c2)C(=O)N1c1ccc(C)cc1. The van der Waals surface area contributed by atoms with Gasteiger partial charge in [-0.15, -0.1) is 0 Å². The van der Waals surface area contributed by atoms with E-state index in [-0.39, 0.29) is 29.8 Å². The Morgan fingerprint density at radius 2 is 1.88 bits per heavy atom. The van der Waals surface area contributed by atoms with Crippen molar-refractivity contribution in [3.63, 3.8) is 0 Å². The maximum atomic E-state index is 13.2. The van der Waals surface area contributed by atoms with E-state index in [1.54, 1.807) is 24.3 Å². The van der Waals surface area contributed by atoms with Crippen molar-refractivity contribution in [3.8, 4) is 0 Å². The molecule has 0 radical (unpaired) electrons. The molecular weight excluding hydrogens is 473 g/mol. The van der Waals surface area contributed by atoms with Crippen LogP contribution in [0.1, 0.15) is 11.1 Å². The van der Waals surface area contributed by atoms with Gasteiger partial charge < -0.3 is 10.1 Å². The zero-order valence-corrected chi connectivity index (χ0v) is 19.6. The van der Waals surface area contributed by atoms with E-state index in [0.717, 1.165) is 17.3 Å². The van der Waals surface area contributed by atoms with Gasteiger partial charge in [-0.2, -0.15) is 0 Å². The molecule has 0 spiro atoms. The summed E-state index contributed by atoms with van der Waals surface area (Å²) in [6.45, 7) is 1.71. The standard InChI is InChI=1S/C22H19Cl2N3O4S/c1-13-3-6-15(7-4-13)27-21(30)18(10-14-5-8-16(23)17(24)9-14)26-22(27)32-12-19(28)25-11-20(29)31-2/h3-10H,11-12H2,1-2H3,(H,25,28)/b18-10-. The number of amidine groups is 1. The summed E-state index contributed by atoms with van der Waals surface area (Å²) in [6.07, 6.45) is 1.61. The number of nitrogens with one attached hydrogen (secondary N) is 1. The van der Waals surface area contributed by atoms with Crippen LogP contribution >= 0.6 is 35.0 Å². The molecule has 32 heavy (non-hydrogen) atoms. The maximum absolute atomic E-state index is 13.2. The lowest BCUT2D eigenvalue weighted by atomic mass is 10.2. The Labute approximate surface area is 199 Å². The molecule has 0 atom stereocenters. The molecule has 166 valence electrons. The molecule has 0 fully saturated rings. The minimum atomic E-state index is -0.551. The molecule has 3 rings (SSSR count). The minimum absolute atomic E-state index is 0.0362. The summed E-state index contributed by atoms with van der Waals surface area (Å²) in [6, 6.07) is 12.4. The molecule has 0 bridgehead atoms. The Bertz CT molecular complexity index is 1120. The van der Waals surface area contributed by atoms with Gasteiger partial charge in [0.25, 0.3) is 5.91 Å². The summed E-state index contributed by atoms with van der Waals surface area (Å²) in [5.74, 6) is -1.31. The number of esters is 1. The third-order valence-corrected chi connectivity index (χ3v) is 6.04. The number of nitrogens with zero attached hydrogens (tertiary/aromatic N) is 2. The zero-order chi connectivity index (χ0) is 23.3. The quantitative estimate of drug-likeness (QED) is 0.485. The number of thioether (sulfide) groups is 1. The predicted molar refractivity (Wildman–Crippen MR) is 128 cm³/mol. The topological polar surface area (TPSA) is 88.1 Å². The fourth-order valence-corrected chi connectivity index (χ4v) is 3.85. The lowest BCUT2D eigenvalue weighted by molar-refractivity contribution is -0.140. The molecule has 2 aromatic carbocycles. The molecule has 0 saturated carbocycles. The fraction of sp³-hybridized carbons (Fsp3) is 0.182. The highest BCUT2D eigenvalue weighted by Gasteiger charge is 2.32. The van der Waals surface area contributed by atoms with Crippen LogP contribution in [-0.4, -0.2) is 42.4 Å². The van der Waals surface area contributed by atoms with E-state index in [1.807, 2.05) is 31.2 Å². The average molecular weight is 492 g/mol. The number of anilines is 1. The smallest absolute Gasteiger partial charge is 0.325 e. The van der Waals surface area contributed by atoms with Gasteiger partial charge in [-0.05, 0) is 42.8 Å². The minimum Gasteiger partial charge on any atom is -0.468 e. The lowest BCUT2D eigenvalue weighted by Gasteiger charge is -2.18. The van der Waals surface area contributed by atoms with Crippen LogP contribution in [0, 0.1) is 6.92 Å². The number of carbonyl (C=O) groups is 3. The summed E-state index contributed by atoms with van der Waals surface area (Å²) in [5, 5.41) is 3.58. The van der Waals surface area contributed by atoms with Crippen molar-refractivity contribution < 1.29 is 19.1 Å². The van der Waals surface area contributed by atoms with E-state index < -0.39 is 5.97 Å². The first-order valence-electron chi connectivity index (χ1n) is 9.41. The van der Waals surface area contributed by atoms with Crippen LogP contribution in [-0.2, 0) is 19.1 Å². The first-order chi connectivity index (χ1) is 15.3. The third-order valence-electron chi connectivity index (χ3n) is 4.36. The molecule has 0 saturated heterocycles. The first-order valence-corrected chi connectivity index (χ1v) is 11.2. The van der Waals surface area contributed by atoms with Crippen LogP contribution < -0.4 is 10.2 Å².